The summed E-state index contributed by atoms with van der Waals surface area (Å²) in [4.78, 5) is 17.0. The number of halogens is 1. The highest BCUT2D eigenvalue weighted by Gasteiger charge is 2.29. The van der Waals surface area contributed by atoms with Gasteiger partial charge in [0, 0.05) is 42.0 Å². The van der Waals surface area contributed by atoms with Gasteiger partial charge in [-0.1, -0.05) is 25.4 Å². The smallest absolute Gasteiger partial charge is 0.319 e. The monoisotopic (exact) mass is 502 g/mol. The van der Waals surface area contributed by atoms with Crippen LogP contribution < -0.4 is 20.1 Å². The summed E-state index contributed by atoms with van der Waals surface area (Å²) in [7, 11) is 3.08. The Morgan fingerprint density at radius 3 is 2.56 bits per heavy atom. The van der Waals surface area contributed by atoms with Crippen LogP contribution in [0.1, 0.15) is 42.3 Å². The molecular weight excluding hydrogens is 472 g/mol. The van der Waals surface area contributed by atoms with Gasteiger partial charge in [-0.25, -0.2) is 4.79 Å². The second-order valence-electron chi connectivity index (χ2n) is 8.18. The van der Waals surface area contributed by atoms with Crippen LogP contribution in [0.2, 0.25) is 5.02 Å². The van der Waals surface area contributed by atoms with E-state index in [9.17, 15) is 4.79 Å². The van der Waals surface area contributed by atoms with E-state index in [4.69, 9.17) is 21.1 Å². The van der Waals surface area contributed by atoms with Gasteiger partial charge in [0.05, 0.1) is 31.0 Å². The lowest BCUT2D eigenvalue weighted by atomic mass is 9.96. The van der Waals surface area contributed by atoms with Crippen LogP contribution in [0, 0.1) is 0 Å². The zero-order valence-corrected chi connectivity index (χ0v) is 21.6. The number of benzene rings is 1. The summed E-state index contributed by atoms with van der Waals surface area (Å²) in [5, 5.41) is 7.67. The van der Waals surface area contributed by atoms with Crippen molar-refractivity contribution < 1.29 is 14.3 Å². The molecule has 0 saturated heterocycles. The first-order valence-electron chi connectivity index (χ1n) is 11.5. The molecule has 3 aromatic rings. The number of methoxy groups -OCH3 is 2. The van der Waals surface area contributed by atoms with Gasteiger partial charge in [0.25, 0.3) is 0 Å². The van der Waals surface area contributed by atoms with Crippen molar-refractivity contribution in [2.24, 2.45) is 0 Å². The Balaban J connectivity index is 1.63. The van der Waals surface area contributed by atoms with Crippen LogP contribution >= 0.6 is 22.9 Å². The Hall–Kier alpha value is -2.68. The fourth-order valence-corrected chi connectivity index (χ4v) is 6.07. The lowest BCUT2D eigenvalue weighted by Gasteiger charge is -2.27. The molecule has 1 aromatic carbocycles. The van der Waals surface area contributed by atoms with Gasteiger partial charge >= 0.3 is 6.03 Å². The first-order valence-corrected chi connectivity index (χ1v) is 12.7. The topological polar surface area (TPSA) is 67.8 Å². The standard InChI is InChI=1S/C25H31ClN4O3S/c1-5-18(27-25(31)28-19-13-17(26)20(32-3)14-21(19)33-4)23-16-9-12-29(6-2)15-22(16)34-24(23)30-10-7-8-11-30/h7-8,10-11,13-14,18H,5-6,9,12,15H2,1-4H3,(H2,27,28,31)/t18-/m1/s1. The Bertz CT molecular complexity index is 1150. The average molecular weight is 503 g/mol. The Morgan fingerprint density at radius 1 is 1.18 bits per heavy atom. The quantitative estimate of drug-likeness (QED) is 0.405. The fourth-order valence-electron chi connectivity index (χ4n) is 4.41. The number of rotatable bonds is 8. The number of aromatic nitrogens is 1. The molecule has 9 heteroatoms. The molecule has 4 rings (SSSR count). The molecule has 1 aliphatic heterocycles. The van der Waals surface area contributed by atoms with Crippen LogP contribution in [0.5, 0.6) is 11.5 Å². The van der Waals surface area contributed by atoms with E-state index < -0.39 is 0 Å². The highest BCUT2D eigenvalue weighted by molar-refractivity contribution is 7.15. The highest BCUT2D eigenvalue weighted by atomic mass is 35.5. The number of carbonyl (C=O) groups is 1. The van der Waals surface area contributed by atoms with Crippen LogP contribution in [-0.4, -0.2) is 42.8 Å². The first-order chi connectivity index (χ1) is 16.5. The maximum Gasteiger partial charge on any atom is 0.319 e. The molecule has 2 aromatic heterocycles. The number of nitrogens with one attached hydrogen (secondary N) is 2. The Labute approximate surface area is 209 Å². The molecule has 2 N–H and O–H groups in total. The first kappa shape index (κ1) is 24.4. The van der Waals surface area contributed by atoms with Gasteiger partial charge in [0.2, 0.25) is 0 Å². The molecule has 0 unspecified atom stereocenters. The van der Waals surface area contributed by atoms with E-state index in [1.54, 1.807) is 19.2 Å². The van der Waals surface area contributed by atoms with Gasteiger partial charge in [0.1, 0.15) is 16.5 Å². The number of hydrogen-bond donors (Lipinski definition) is 2. The third-order valence-electron chi connectivity index (χ3n) is 6.23. The zero-order valence-electron chi connectivity index (χ0n) is 20.0. The molecule has 0 radical (unpaired) electrons. The normalized spacial score (nSPS) is 14.4. The van der Waals surface area contributed by atoms with Crippen molar-refractivity contribution in [3.8, 4) is 16.5 Å². The molecule has 2 amide bonds. The molecule has 7 nitrogen and oxygen atoms in total. The van der Waals surface area contributed by atoms with E-state index in [0.717, 1.165) is 32.5 Å². The Kier molecular flexibility index (Phi) is 7.70. The van der Waals surface area contributed by atoms with Gasteiger partial charge < -0.3 is 24.7 Å². The van der Waals surface area contributed by atoms with Crippen LogP contribution in [0.15, 0.2) is 36.7 Å². The summed E-state index contributed by atoms with van der Waals surface area (Å²) in [6.45, 7) is 7.32. The average Bonchev–Trinajstić information content (AvgIpc) is 3.50. The molecule has 182 valence electrons. The number of fused-ring (bicyclic) bond motifs is 1. The Morgan fingerprint density at radius 2 is 1.91 bits per heavy atom. The lowest BCUT2D eigenvalue weighted by molar-refractivity contribution is 0.247. The van der Waals surface area contributed by atoms with E-state index in [1.807, 2.05) is 23.5 Å². The number of nitrogens with zero attached hydrogens (tertiary/aromatic N) is 2. The van der Waals surface area contributed by atoms with E-state index in [-0.39, 0.29) is 12.1 Å². The molecular formula is C25H31ClN4O3S. The van der Waals surface area contributed by atoms with Crippen molar-refractivity contribution in [1.29, 1.82) is 0 Å². The van der Waals surface area contributed by atoms with E-state index in [0.29, 0.717) is 22.2 Å². The molecule has 0 spiro atoms. The largest absolute Gasteiger partial charge is 0.495 e. The third-order valence-corrected chi connectivity index (χ3v) is 7.77. The van der Waals surface area contributed by atoms with Crippen molar-refractivity contribution in [1.82, 2.24) is 14.8 Å². The molecule has 0 fully saturated rings. The molecule has 0 saturated carbocycles. The van der Waals surface area contributed by atoms with Crippen molar-refractivity contribution in [2.45, 2.75) is 39.3 Å². The van der Waals surface area contributed by atoms with E-state index in [1.165, 1.54) is 28.1 Å². The molecule has 3 heterocycles. The van der Waals surface area contributed by atoms with Crippen molar-refractivity contribution in [3.63, 3.8) is 0 Å². The molecule has 1 aliphatic rings. The summed E-state index contributed by atoms with van der Waals surface area (Å²) >= 11 is 8.10. The van der Waals surface area contributed by atoms with Crippen LogP contribution in [0.3, 0.4) is 0 Å². The molecule has 34 heavy (non-hydrogen) atoms. The predicted octanol–water partition coefficient (Wildman–Crippen LogP) is 5.86. The highest BCUT2D eigenvalue weighted by Crippen LogP contribution is 2.40. The number of thiophene rings is 1. The van der Waals surface area contributed by atoms with Crippen LogP contribution in [0.4, 0.5) is 10.5 Å². The fraction of sp³-hybridized carbons (Fsp3) is 0.400. The second kappa shape index (κ2) is 10.7. The second-order valence-corrected chi connectivity index (χ2v) is 9.67. The number of amides is 2. The van der Waals surface area contributed by atoms with Gasteiger partial charge in [0.15, 0.2) is 0 Å². The number of ether oxygens (including phenoxy) is 2. The summed E-state index contributed by atoms with van der Waals surface area (Å²) in [5.74, 6) is 0.961. The SMILES string of the molecule is CC[C@@H](NC(=O)Nc1cc(Cl)c(OC)cc1OC)c1c(-n2cccc2)sc2c1CCN(CC)C2. The summed E-state index contributed by atoms with van der Waals surface area (Å²) in [6, 6.07) is 6.91. The predicted molar refractivity (Wildman–Crippen MR) is 138 cm³/mol. The minimum Gasteiger partial charge on any atom is -0.495 e. The van der Waals surface area contributed by atoms with Crippen molar-refractivity contribution in [2.75, 3.05) is 32.6 Å². The van der Waals surface area contributed by atoms with Gasteiger partial charge in [-0.3, -0.25) is 4.90 Å². The van der Waals surface area contributed by atoms with Crippen LogP contribution in [0.25, 0.3) is 5.00 Å². The van der Waals surface area contributed by atoms with E-state index >= 15 is 0 Å². The third kappa shape index (κ3) is 4.89. The number of likely N-dealkylation sites (N-methyl/N-ethyl adjacent to an activating group) is 1. The summed E-state index contributed by atoms with van der Waals surface area (Å²) in [6.07, 6.45) is 5.88. The van der Waals surface area contributed by atoms with E-state index in [2.05, 4.69) is 46.3 Å². The molecule has 0 bridgehead atoms. The maximum atomic E-state index is 13.1. The minimum atomic E-state index is -0.309. The molecule has 1 atom stereocenters. The van der Waals surface area contributed by atoms with Crippen LogP contribution in [-0.2, 0) is 13.0 Å². The lowest BCUT2D eigenvalue weighted by Crippen LogP contribution is -2.34. The molecule has 0 aliphatic carbocycles. The van der Waals surface area contributed by atoms with Crippen molar-refractivity contribution >= 4 is 34.7 Å². The summed E-state index contributed by atoms with van der Waals surface area (Å²) in [5.41, 5.74) is 3.07. The van der Waals surface area contributed by atoms with Gasteiger partial charge in [-0.05, 0) is 43.1 Å². The maximum absolute atomic E-state index is 13.1. The minimum absolute atomic E-state index is 0.134. The number of carbonyl (C=O) groups excluding carboxylic acids is 1. The number of anilines is 1. The zero-order chi connectivity index (χ0) is 24.2. The number of urea groups is 1. The summed E-state index contributed by atoms with van der Waals surface area (Å²) < 4.78 is 12.8. The van der Waals surface area contributed by atoms with Crippen molar-refractivity contribution in [3.05, 3.63) is 57.7 Å². The number of hydrogen-bond acceptors (Lipinski definition) is 5. The van der Waals surface area contributed by atoms with Gasteiger partial charge in [-0.2, -0.15) is 0 Å². The van der Waals surface area contributed by atoms with Gasteiger partial charge in [-0.15, -0.1) is 11.3 Å².